The SMILES string of the molecule is N#C[C@@H]1CC(=O)CC[C@H]1n1nc(Nc2ccc(Cl)cc2)c2c(=O)[nH]ccc21.N#C[C@H]1CC(=O)CC[C@@H]1n1nc(Nc2ccc(Cl)cc2)c2c(=O)[nH]ccc21. The lowest BCUT2D eigenvalue weighted by Gasteiger charge is -2.26. The molecule has 2 aliphatic carbocycles. The number of halogens is 2. The van der Waals surface area contributed by atoms with Crippen LogP contribution in [0.15, 0.2) is 82.6 Å². The fourth-order valence-electron chi connectivity index (χ4n) is 7.06. The first-order valence-corrected chi connectivity index (χ1v) is 18.0. The average molecular weight is 764 g/mol. The number of pyridine rings is 2. The summed E-state index contributed by atoms with van der Waals surface area (Å²) in [7, 11) is 0. The minimum atomic E-state index is -0.461. The monoisotopic (exact) mass is 762 g/mol. The van der Waals surface area contributed by atoms with Gasteiger partial charge >= 0.3 is 0 Å². The second-order valence-electron chi connectivity index (χ2n) is 13.2. The van der Waals surface area contributed by atoms with Gasteiger partial charge in [0.25, 0.3) is 11.1 Å². The molecule has 2 saturated carbocycles. The van der Waals surface area contributed by atoms with Crippen molar-refractivity contribution in [2.75, 3.05) is 10.6 Å². The lowest BCUT2D eigenvalue weighted by Crippen LogP contribution is -2.27. The summed E-state index contributed by atoms with van der Waals surface area (Å²) in [5.41, 5.74) is 2.21. The van der Waals surface area contributed by atoms with Crippen LogP contribution in [0.2, 0.25) is 10.0 Å². The molecule has 0 spiro atoms. The molecule has 14 nitrogen and oxygen atoms in total. The normalized spacial score (nSPS) is 19.8. The Morgan fingerprint density at radius 3 is 1.39 bits per heavy atom. The summed E-state index contributed by atoms with van der Waals surface area (Å²) in [4.78, 5) is 53.7. The van der Waals surface area contributed by atoms with Crippen molar-refractivity contribution in [2.45, 2.75) is 50.6 Å². The number of benzene rings is 2. The molecule has 2 aliphatic rings. The van der Waals surface area contributed by atoms with E-state index < -0.39 is 11.8 Å². The van der Waals surface area contributed by atoms with Gasteiger partial charge in [-0.1, -0.05) is 23.2 Å². The van der Waals surface area contributed by atoms with Crippen LogP contribution in [-0.2, 0) is 9.59 Å². The van der Waals surface area contributed by atoms with Crippen molar-refractivity contribution in [3.63, 3.8) is 0 Å². The number of ketones is 2. The Hall–Kier alpha value is -6.22. The van der Waals surface area contributed by atoms with E-state index in [9.17, 15) is 29.7 Å². The van der Waals surface area contributed by atoms with Gasteiger partial charge < -0.3 is 20.6 Å². The smallest absolute Gasteiger partial charge is 0.261 e. The zero-order valence-corrected chi connectivity index (χ0v) is 30.1. The van der Waals surface area contributed by atoms with Crippen LogP contribution in [0.4, 0.5) is 23.0 Å². The minimum Gasteiger partial charge on any atom is -0.338 e. The lowest BCUT2D eigenvalue weighted by molar-refractivity contribution is -0.122. The summed E-state index contributed by atoms with van der Waals surface area (Å²) in [6.45, 7) is 0. The highest BCUT2D eigenvalue weighted by Gasteiger charge is 2.34. The van der Waals surface area contributed by atoms with Crippen molar-refractivity contribution in [3.05, 3.63) is 104 Å². The summed E-state index contributed by atoms with van der Waals surface area (Å²) in [5, 5.41) is 36.6. The molecule has 0 aliphatic heterocycles. The largest absolute Gasteiger partial charge is 0.338 e. The molecule has 4 heterocycles. The summed E-state index contributed by atoms with van der Waals surface area (Å²) in [6, 6.07) is 21.6. The average Bonchev–Trinajstić information content (AvgIpc) is 3.73. The number of carbonyl (C=O) groups excluding carboxylic acids is 2. The third-order valence-electron chi connectivity index (χ3n) is 9.70. The van der Waals surface area contributed by atoms with Crippen LogP contribution in [0.25, 0.3) is 21.8 Å². The number of nitrogens with one attached hydrogen (secondary N) is 4. The van der Waals surface area contributed by atoms with E-state index in [1.807, 2.05) is 0 Å². The van der Waals surface area contributed by atoms with Crippen LogP contribution >= 0.6 is 23.2 Å². The predicted molar refractivity (Wildman–Crippen MR) is 204 cm³/mol. The topological polar surface area (TPSA) is 207 Å². The van der Waals surface area contributed by atoms with Crippen molar-refractivity contribution in [2.24, 2.45) is 11.8 Å². The Kier molecular flexibility index (Phi) is 10.3. The van der Waals surface area contributed by atoms with Crippen LogP contribution < -0.4 is 21.8 Å². The molecule has 272 valence electrons. The molecule has 6 aromatic rings. The van der Waals surface area contributed by atoms with E-state index in [4.69, 9.17) is 23.2 Å². The molecule has 2 aromatic carbocycles. The first-order chi connectivity index (χ1) is 26.1. The second kappa shape index (κ2) is 15.4. The molecular weight excluding hydrogens is 731 g/mol. The highest BCUT2D eigenvalue weighted by atomic mass is 35.5. The number of rotatable bonds is 6. The molecule has 0 unspecified atom stereocenters. The maximum Gasteiger partial charge on any atom is 0.261 e. The fourth-order valence-corrected chi connectivity index (χ4v) is 7.31. The van der Waals surface area contributed by atoms with Crippen LogP contribution in [-0.4, -0.2) is 41.1 Å². The van der Waals surface area contributed by atoms with Crippen molar-refractivity contribution in [3.8, 4) is 12.1 Å². The van der Waals surface area contributed by atoms with E-state index in [-0.39, 0.29) is 47.6 Å². The van der Waals surface area contributed by atoms with Crippen molar-refractivity contribution < 1.29 is 9.59 Å². The minimum absolute atomic E-state index is 0.0895. The van der Waals surface area contributed by atoms with Gasteiger partial charge in [-0.2, -0.15) is 20.7 Å². The first-order valence-electron chi connectivity index (χ1n) is 17.2. The van der Waals surface area contributed by atoms with E-state index in [1.54, 1.807) is 82.4 Å². The molecule has 0 radical (unpaired) electrons. The molecule has 0 saturated heterocycles. The Balaban J connectivity index is 0.000000167. The van der Waals surface area contributed by atoms with Crippen molar-refractivity contribution in [1.82, 2.24) is 29.5 Å². The molecular formula is C38H32Cl2N10O4. The number of aromatic nitrogens is 6. The summed E-state index contributed by atoms with van der Waals surface area (Å²) in [5.74, 6) is 0.0674. The quantitative estimate of drug-likeness (QED) is 0.135. The number of fused-ring (bicyclic) bond motifs is 2. The number of Topliss-reactive ketones (excluding diaryl/α,β-unsaturated/α-hetero) is 2. The second-order valence-corrected chi connectivity index (χ2v) is 14.0. The Morgan fingerprint density at radius 1 is 0.630 bits per heavy atom. The number of nitrogens with zero attached hydrogens (tertiary/aromatic N) is 6. The van der Waals surface area contributed by atoms with Gasteiger partial charge in [-0.05, 0) is 73.5 Å². The van der Waals surface area contributed by atoms with E-state index in [1.165, 1.54) is 0 Å². The Morgan fingerprint density at radius 2 is 1.02 bits per heavy atom. The molecule has 0 bridgehead atoms. The van der Waals surface area contributed by atoms with Gasteiger partial charge in [0, 0.05) is 59.5 Å². The van der Waals surface area contributed by atoms with Gasteiger partial charge in [0.1, 0.15) is 22.3 Å². The Labute approximate surface area is 317 Å². The Bertz CT molecular complexity index is 2400. The highest BCUT2D eigenvalue weighted by molar-refractivity contribution is 6.31. The molecule has 4 N–H and O–H groups in total. The maximum absolute atomic E-state index is 12.5. The molecule has 16 heteroatoms. The molecule has 0 amide bonds. The van der Waals surface area contributed by atoms with Crippen molar-refractivity contribution >= 4 is 79.6 Å². The van der Waals surface area contributed by atoms with E-state index in [0.717, 1.165) is 11.4 Å². The van der Waals surface area contributed by atoms with Gasteiger partial charge in [-0.15, -0.1) is 0 Å². The third kappa shape index (κ3) is 7.35. The lowest BCUT2D eigenvalue weighted by atomic mass is 9.84. The van der Waals surface area contributed by atoms with Gasteiger partial charge in [0.05, 0.1) is 47.1 Å². The molecule has 8 rings (SSSR count). The molecule has 2 fully saturated rings. The number of anilines is 4. The van der Waals surface area contributed by atoms with Gasteiger partial charge in [-0.25, -0.2) is 0 Å². The third-order valence-corrected chi connectivity index (χ3v) is 10.2. The standard InChI is InChI=1S/2C19H16ClN5O2/c2*20-12-1-3-13(4-2-12)23-18-17-16(7-8-22-19(17)27)25(24-18)15-6-5-14(26)9-11(15)10-21/h2*1-4,7-8,11,15H,5-6,9H2,(H,22,27)(H,23,24)/t2*11-,15+/m10/s1. The van der Waals surface area contributed by atoms with Gasteiger partial charge in [-0.3, -0.25) is 28.5 Å². The number of carbonyl (C=O) groups is 2. The predicted octanol–water partition coefficient (Wildman–Crippen LogP) is 7.11. The van der Waals surface area contributed by atoms with Crippen LogP contribution in [0.1, 0.15) is 50.6 Å². The number of hydrogen-bond donors (Lipinski definition) is 4. The maximum atomic E-state index is 12.5. The highest BCUT2D eigenvalue weighted by Crippen LogP contribution is 2.37. The number of aromatic amines is 2. The van der Waals surface area contributed by atoms with Crippen LogP contribution in [0, 0.1) is 34.5 Å². The van der Waals surface area contributed by atoms with Gasteiger partial charge in [0.2, 0.25) is 0 Å². The molecule has 4 aromatic heterocycles. The molecule has 54 heavy (non-hydrogen) atoms. The summed E-state index contributed by atoms with van der Waals surface area (Å²) in [6.07, 6.45) is 5.43. The van der Waals surface area contributed by atoms with Gasteiger partial charge in [0.15, 0.2) is 11.6 Å². The zero-order valence-electron chi connectivity index (χ0n) is 28.6. The molecule has 4 atom stereocenters. The number of hydrogen-bond acceptors (Lipinski definition) is 10. The van der Waals surface area contributed by atoms with Crippen LogP contribution in [0.5, 0.6) is 0 Å². The van der Waals surface area contributed by atoms with Crippen molar-refractivity contribution in [1.29, 1.82) is 10.5 Å². The fraction of sp³-hybridized carbons (Fsp3) is 0.263. The number of nitriles is 2. The van der Waals surface area contributed by atoms with Crippen LogP contribution in [0.3, 0.4) is 0 Å². The number of H-pyrrole nitrogens is 2. The van der Waals surface area contributed by atoms with E-state index in [2.05, 4.69) is 42.9 Å². The van der Waals surface area contributed by atoms with E-state index >= 15 is 0 Å². The zero-order chi connectivity index (χ0) is 37.9. The summed E-state index contributed by atoms with van der Waals surface area (Å²) < 4.78 is 3.42. The first kappa shape index (κ1) is 36.2. The summed E-state index contributed by atoms with van der Waals surface area (Å²) >= 11 is 11.8. The van der Waals surface area contributed by atoms with E-state index in [0.29, 0.717) is 69.2 Å².